The summed E-state index contributed by atoms with van der Waals surface area (Å²) in [6.07, 6.45) is 4.00. The SMILES string of the molecule is CCOC(=O)c1c(CCCOc2cccc3cc(Cl)ccc23)c2cccc3c2n1CCCCOCc1[nH]nc(CC)c1-3. The molecule has 0 saturated heterocycles. The molecule has 5 aromatic rings. The van der Waals surface area contributed by atoms with Gasteiger partial charge in [-0.1, -0.05) is 48.9 Å². The summed E-state index contributed by atoms with van der Waals surface area (Å²) in [4.78, 5) is 13.6. The predicted octanol–water partition coefficient (Wildman–Crippen LogP) is 7.90. The summed E-state index contributed by atoms with van der Waals surface area (Å²) in [5.41, 5.74) is 6.82. The standard InChI is InChI=1S/C34H36ClN3O4/c1-3-28-31-27-12-8-11-25-26(13-9-19-42-30-14-7-10-22-20-23(35)15-16-24(22)30)33(34(39)41-4-2)38(32(25)27)17-5-6-18-40-21-29(31)37-36-28/h7-8,10-12,14-16,20H,3-6,9,13,17-19,21H2,1-2H3,(H,36,37). The number of carbonyl (C=O) groups is 1. The quantitative estimate of drug-likeness (QED) is 0.148. The van der Waals surface area contributed by atoms with Gasteiger partial charge in [-0.25, -0.2) is 4.79 Å². The van der Waals surface area contributed by atoms with Crippen molar-refractivity contribution in [3.8, 4) is 16.9 Å². The van der Waals surface area contributed by atoms with E-state index in [2.05, 4.69) is 39.9 Å². The van der Waals surface area contributed by atoms with E-state index in [1.807, 2.05) is 43.3 Å². The van der Waals surface area contributed by atoms with Crippen LogP contribution in [-0.2, 0) is 35.5 Å². The number of nitrogens with one attached hydrogen (secondary N) is 1. The number of fused-ring (bicyclic) bond motifs is 3. The number of rotatable bonds is 8. The molecule has 8 heteroatoms. The third kappa shape index (κ3) is 5.39. The van der Waals surface area contributed by atoms with Crippen molar-refractivity contribution in [1.29, 1.82) is 0 Å². The summed E-state index contributed by atoms with van der Waals surface area (Å²) >= 11 is 6.20. The van der Waals surface area contributed by atoms with Gasteiger partial charge in [-0.15, -0.1) is 0 Å². The zero-order chi connectivity index (χ0) is 29.1. The van der Waals surface area contributed by atoms with Gasteiger partial charge in [0.25, 0.3) is 0 Å². The lowest BCUT2D eigenvalue weighted by Gasteiger charge is -2.13. The Hall–Kier alpha value is -3.81. The van der Waals surface area contributed by atoms with Crippen LogP contribution in [-0.4, -0.2) is 40.6 Å². The van der Waals surface area contributed by atoms with Crippen molar-refractivity contribution in [3.05, 3.63) is 82.3 Å². The molecule has 3 heterocycles. The third-order valence-electron chi connectivity index (χ3n) is 7.97. The molecule has 6 rings (SSSR count). The minimum Gasteiger partial charge on any atom is -0.493 e. The smallest absolute Gasteiger partial charge is 0.355 e. The number of benzene rings is 3. The zero-order valence-corrected chi connectivity index (χ0v) is 24.9. The normalized spacial score (nSPS) is 13.6. The van der Waals surface area contributed by atoms with Crippen molar-refractivity contribution in [2.45, 2.75) is 59.1 Å². The molecule has 0 bridgehead atoms. The van der Waals surface area contributed by atoms with Gasteiger partial charge in [0, 0.05) is 40.1 Å². The van der Waals surface area contributed by atoms with Crippen LogP contribution in [0.3, 0.4) is 0 Å². The largest absolute Gasteiger partial charge is 0.493 e. The number of hydrogen-bond acceptors (Lipinski definition) is 5. The number of aromatic nitrogens is 3. The average Bonchev–Trinajstić information content (AvgIpc) is 3.54. The lowest BCUT2D eigenvalue weighted by Crippen LogP contribution is -2.15. The third-order valence-corrected chi connectivity index (χ3v) is 8.21. The molecule has 1 N–H and O–H groups in total. The molecule has 42 heavy (non-hydrogen) atoms. The molecule has 0 amide bonds. The van der Waals surface area contributed by atoms with Crippen molar-refractivity contribution in [2.24, 2.45) is 0 Å². The van der Waals surface area contributed by atoms with Gasteiger partial charge >= 0.3 is 5.97 Å². The molecule has 0 spiro atoms. The lowest BCUT2D eigenvalue weighted by atomic mass is 9.97. The monoisotopic (exact) mass is 585 g/mol. The van der Waals surface area contributed by atoms with Crippen molar-refractivity contribution in [3.63, 3.8) is 0 Å². The number of H-pyrrole nitrogens is 1. The fourth-order valence-corrected chi connectivity index (χ4v) is 6.30. The Bertz CT molecular complexity index is 1740. The summed E-state index contributed by atoms with van der Waals surface area (Å²) in [5, 5.41) is 11.7. The van der Waals surface area contributed by atoms with Gasteiger partial charge < -0.3 is 18.8 Å². The fourth-order valence-electron chi connectivity index (χ4n) is 6.12. The van der Waals surface area contributed by atoms with Crippen molar-refractivity contribution in [1.82, 2.24) is 14.8 Å². The molecule has 7 nitrogen and oxygen atoms in total. The molecule has 0 unspecified atom stereocenters. The fraction of sp³-hybridized carbons (Fsp3) is 0.353. The summed E-state index contributed by atoms with van der Waals surface area (Å²) in [7, 11) is 0. The van der Waals surface area contributed by atoms with Crippen molar-refractivity contribution >= 4 is 39.2 Å². The summed E-state index contributed by atoms with van der Waals surface area (Å²) in [5.74, 6) is 0.548. The van der Waals surface area contributed by atoms with E-state index < -0.39 is 0 Å². The van der Waals surface area contributed by atoms with E-state index in [1.54, 1.807) is 0 Å². The zero-order valence-electron chi connectivity index (χ0n) is 24.2. The lowest BCUT2D eigenvalue weighted by molar-refractivity contribution is 0.0512. The Morgan fingerprint density at radius 3 is 2.83 bits per heavy atom. The summed E-state index contributed by atoms with van der Waals surface area (Å²) in [6, 6.07) is 18.2. The second-order valence-electron chi connectivity index (χ2n) is 10.6. The van der Waals surface area contributed by atoms with Crippen LogP contribution in [0.15, 0.2) is 54.6 Å². The summed E-state index contributed by atoms with van der Waals surface area (Å²) < 4.78 is 20.1. The minimum absolute atomic E-state index is 0.282. The maximum atomic E-state index is 13.6. The van der Waals surface area contributed by atoms with E-state index in [1.165, 1.54) is 0 Å². The van der Waals surface area contributed by atoms with Crippen LogP contribution in [0.2, 0.25) is 5.02 Å². The van der Waals surface area contributed by atoms with Crippen LogP contribution in [0, 0.1) is 0 Å². The first-order valence-corrected chi connectivity index (χ1v) is 15.2. The maximum absolute atomic E-state index is 13.6. The number of para-hydroxylation sites is 1. The maximum Gasteiger partial charge on any atom is 0.355 e. The molecule has 1 aliphatic heterocycles. The number of hydrogen-bond donors (Lipinski definition) is 1. The van der Waals surface area contributed by atoms with Gasteiger partial charge in [0.2, 0.25) is 0 Å². The molecule has 3 aromatic carbocycles. The highest BCUT2D eigenvalue weighted by Crippen LogP contribution is 2.39. The number of carbonyl (C=O) groups excluding carboxylic acids is 1. The van der Waals surface area contributed by atoms with E-state index >= 15 is 0 Å². The highest BCUT2D eigenvalue weighted by molar-refractivity contribution is 6.31. The number of nitrogens with zero attached hydrogens (tertiary/aromatic N) is 2. The van der Waals surface area contributed by atoms with Crippen molar-refractivity contribution < 1.29 is 19.0 Å². The Kier molecular flexibility index (Phi) is 8.49. The highest BCUT2D eigenvalue weighted by atomic mass is 35.5. The molecule has 1 aliphatic rings. The Morgan fingerprint density at radius 1 is 1.10 bits per heavy atom. The van der Waals surface area contributed by atoms with E-state index in [-0.39, 0.29) is 5.97 Å². The van der Waals surface area contributed by atoms with Gasteiger partial charge in [-0.2, -0.15) is 5.10 Å². The van der Waals surface area contributed by atoms with Gasteiger partial charge in [0.05, 0.1) is 36.7 Å². The highest BCUT2D eigenvalue weighted by Gasteiger charge is 2.27. The Morgan fingerprint density at radius 2 is 1.98 bits per heavy atom. The first-order valence-electron chi connectivity index (χ1n) is 14.9. The number of ether oxygens (including phenoxy) is 3. The first-order chi connectivity index (χ1) is 20.6. The van der Waals surface area contributed by atoms with Crippen LogP contribution in [0.4, 0.5) is 0 Å². The second kappa shape index (κ2) is 12.6. The summed E-state index contributed by atoms with van der Waals surface area (Å²) in [6.45, 7) is 6.64. The molecular formula is C34H36ClN3O4. The first kappa shape index (κ1) is 28.3. The topological polar surface area (TPSA) is 78.4 Å². The van der Waals surface area contributed by atoms with Gasteiger partial charge in [-0.05, 0) is 74.2 Å². The van der Waals surface area contributed by atoms with Gasteiger partial charge in [-0.3, -0.25) is 5.10 Å². The van der Waals surface area contributed by atoms with E-state index in [0.717, 1.165) is 81.2 Å². The number of aromatic amines is 1. The van der Waals surface area contributed by atoms with E-state index in [9.17, 15) is 4.79 Å². The van der Waals surface area contributed by atoms with Gasteiger partial charge in [0.1, 0.15) is 11.4 Å². The van der Waals surface area contributed by atoms with Crippen LogP contribution in [0.25, 0.3) is 32.8 Å². The molecule has 2 aromatic heterocycles. The van der Waals surface area contributed by atoms with Crippen LogP contribution < -0.4 is 4.74 Å². The molecule has 0 saturated carbocycles. The van der Waals surface area contributed by atoms with Gasteiger partial charge in [0.15, 0.2) is 0 Å². The number of halogens is 1. The second-order valence-corrected chi connectivity index (χ2v) is 11.0. The van der Waals surface area contributed by atoms with E-state index in [0.29, 0.717) is 50.1 Å². The average molecular weight is 586 g/mol. The number of esters is 1. The predicted molar refractivity (Wildman–Crippen MR) is 167 cm³/mol. The molecule has 0 radical (unpaired) electrons. The molecule has 218 valence electrons. The molecular weight excluding hydrogens is 550 g/mol. The van der Waals surface area contributed by atoms with Crippen LogP contribution >= 0.6 is 11.6 Å². The Labute approximate surface area is 250 Å². The number of aryl methyl sites for hydroxylation is 3. The molecule has 0 aliphatic carbocycles. The minimum atomic E-state index is -0.282. The molecule has 0 fully saturated rings. The molecule has 0 atom stereocenters. The van der Waals surface area contributed by atoms with Crippen LogP contribution in [0.1, 0.15) is 60.5 Å². The van der Waals surface area contributed by atoms with E-state index in [4.69, 9.17) is 25.8 Å². The van der Waals surface area contributed by atoms with Crippen molar-refractivity contribution in [2.75, 3.05) is 19.8 Å². The van der Waals surface area contributed by atoms with Crippen LogP contribution in [0.5, 0.6) is 5.75 Å². The Balaban J connectivity index is 1.40.